The number of aromatic nitrogens is 1. The molecule has 0 aliphatic carbocycles. The summed E-state index contributed by atoms with van der Waals surface area (Å²) in [5.41, 5.74) is 0.479. The number of carbonyl (C=O) groups excluding carboxylic acids is 2. The average Bonchev–Trinajstić information content (AvgIpc) is 2.29. The van der Waals surface area contributed by atoms with Gasteiger partial charge in [0.05, 0.1) is 24.9 Å². The summed E-state index contributed by atoms with van der Waals surface area (Å²) in [4.78, 5) is 27.1. The Morgan fingerprint density at radius 1 is 1.35 bits per heavy atom. The molecule has 1 rings (SSSR count). The van der Waals surface area contributed by atoms with Crippen LogP contribution in [0.3, 0.4) is 0 Å². The second-order valence-corrected chi connectivity index (χ2v) is 5.14. The molecule has 0 saturated carbocycles. The Morgan fingerprint density at radius 2 is 2.05 bits per heavy atom. The molecule has 0 fully saturated rings. The van der Waals surface area contributed by atoms with Gasteiger partial charge in [0, 0.05) is 6.20 Å². The second-order valence-electron chi connectivity index (χ2n) is 5.14. The number of pyridine rings is 1. The second kappa shape index (κ2) is 6.88. The van der Waals surface area contributed by atoms with E-state index in [2.05, 4.69) is 10.3 Å². The maximum absolute atomic E-state index is 11.7. The maximum Gasteiger partial charge on any atom is 0.412 e. The van der Waals surface area contributed by atoms with E-state index in [0.717, 1.165) is 0 Å². The van der Waals surface area contributed by atoms with Gasteiger partial charge in [0.25, 0.3) is 0 Å². The first kappa shape index (κ1) is 15.9. The van der Waals surface area contributed by atoms with E-state index < -0.39 is 11.7 Å². The van der Waals surface area contributed by atoms with Crippen molar-refractivity contribution >= 4 is 17.7 Å². The van der Waals surface area contributed by atoms with E-state index >= 15 is 0 Å². The lowest BCUT2D eigenvalue weighted by atomic mass is 10.1. The molecule has 0 unspecified atom stereocenters. The van der Waals surface area contributed by atoms with Crippen LogP contribution in [-0.4, -0.2) is 29.3 Å². The molecular weight excluding hydrogens is 260 g/mol. The number of nitrogens with zero attached hydrogens (tertiary/aromatic N) is 1. The van der Waals surface area contributed by atoms with Gasteiger partial charge < -0.3 is 9.47 Å². The molecule has 1 aromatic rings. The van der Waals surface area contributed by atoms with Crippen molar-refractivity contribution in [3.8, 4) is 0 Å². The number of hydrogen-bond donors (Lipinski definition) is 1. The van der Waals surface area contributed by atoms with Gasteiger partial charge in [0.15, 0.2) is 0 Å². The lowest BCUT2D eigenvalue weighted by molar-refractivity contribution is -0.142. The molecule has 0 spiro atoms. The van der Waals surface area contributed by atoms with Gasteiger partial charge >= 0.3 is 12.1 Å². The Bertz CT molecular complexity index is 480. The van der Waals surface area contributed by atoms with Crippen LogP contribution in [0.5, 0.6) is 0 Å². The van der Waals surface area contributed by atoms with Crippen molar-refractivity contribution in [2.24, 2.45) is 0 Å². The van der Waals surface area contributed by atoms with Gasteiger partial charge in [-0.2, -0.15) is 0 Å². The minimum atomic E-state index is -0.590. The third kappa shape index (κ3) is 5.69. The first-order valence-electron chi connectivity index (χ1n) is 6.40. The van der Waals surface area contributed by atoms with Gasteiger partial charge in [0.1, 0.15) is 5.60 Å². The third-order valence-electron chi connectivity index (χ3n) is 2.19. The number of esters is 1. The van der Waals surface area contributed by atoms with Crippen LogP contribution in [0.1, 0.15) is 33.3 Å². The predicted molar refractivity (Wildman–Crippen MR) is 74.4 cm³/mol. The standard InChI is InChI=1S/C14H20N2O4/c1-5-19-12(17)8-10-6-7-15-9-11(10)16-13(18)20-14(2,3)4/h6-7,9H,5,8H2,1-4H3,(H,16,18). The topological polar surface area (TPSA) is 77.5 Å². The first-order chi connectivity index (χ1) is 9.31. The Labute approximate surface area is 118 Å². The minimum absolute atomic E-state index is 0.0709. The van der Waals surface area contributed by atoms with Crippen LogP contribution >= 0.6 is 0 Å². The van der Waals surface area contributed by atoms with Crippen molar-refractivity contribution in [3.63, 3.8) is 0 Å². The lowest BCUT2D eigenvalue weighted by Gasteiger charge is -2.20. The molecule has 110 valence electrons. The first-order valence-corrected chi connectivity index (χ1v) is 6.40. The van der Waals surface area contributed by atoms with Crippen LogP contribution in [-0.2, 0) is 20.7 Å². The van der Waals surface area contributed by atoms with Gasteiger partial charge in [-0.1, -0.05) is 0 Å². The smallest absolute Gasteiger partial charge is 0.412 e. The Hall–Kier alpha value is -2.11. The van der Waals surface area contributed by atoms with E-state index in [-0.39, 0.29) is 12.4 Å². The van der Waals surface area contributed by atoms with E-state index in [1.165, 1.54) is 6.20 Å². The zero-order chi connectivity index (χ0) is 15.2. The fourth-order valence-electron chi connectivity index (χ4n) is 1.47. The summed E-state index contributed by atoms with van der Waals surface area (Å²) >= 11 is 0. The molecule has 6 heteroatoms. The predicted octanol–water partition coefficient (Wildman–Crippen LogP) is 2.53. The zero-order valence-corrected chi connectivity index (χ0v) is 12.2. The highest BCUT2D eigenvalue weighted by atomic mass is 16.6. The maximum atomic E-state index is 11.7. The average molecular weight is 280 g/mol. The molecule has 1 N–H and O–H groups in total. The highest BCUT2D eigenvalue weighted by Crippen LogP contribution is 2.16. The quantitative estimate of drug-likeness (QED) is 0.857. The number of anilines is 1. The largest absolute Gasteiger partial charge is 0.466 e. The summed E-state index contributed by atoms with van der Waals surface area (Å²) in [6.07, 6.45) is 2.50. The number of carbonyl (C=O) groups is 2. The van der Waals surface area contributed by atoms with Gasteiger partial charge in [-0.3, -0.25) is 15.1 Å². The third-order valence-corrected chi connectivity index (χ3v) is 2.19. The highest BCUT2D eigenvalue weighted by Gasteiger charge is 2.18. The van der Waals surface area contributed by atoms with Crippen molar-refractivity contribution in [2.75, 3.05) is 11.9 Å². The van der Waals surface area contributed by atoms with E-state index in [1.54, 1.807) is 40.0 Å². The van der Waals surface area contributed by atoms with Gasteiger partial charge in [-0.15, -0.1) is 0 Å². The van der Waals surface area contributed by atoms with Gasteiger partial charge in [0.2, 0.25) is 0 Å². The Kier molecular flexibility index (Phi) is 5.49. The van der Waals surface area contributed by atoms with E-state index in [4.69, 9.17) is 9.47 Å². The normalized spacial score (nSPS) is 10.8. The fourth-order valence-corrected chi connectivity index (χ4v) is 1.47. The molecule has 0 aliphatic rings. The fraction of sp³-hybridized carbons (Fsp3) is 0.500. The Balaban J connectivity index is 2.75. The molecule has 6 nitrogen and oxygen atoms in total. The van der Waals surface area contributed by atoms with Gasteiger partial charge in [-0.25, -0.2) is 4.79 Å². The molecule has 1 aromatic heterocycles. The summed E-state index contributed by atoms with van der Waals surface area (Å²) in [6, 6.07) is 1.66. The monoisotopic (exact) mass is 280 g/mol. The van der Waals surface area contributed by atoms with Crippen molar-refractivity contribution in [1.29, 1.82) is 0 Å². The molecule has 0 aliphatic heterocycles. The summed E-state index contributed by atoms with van der Waals surface area (Å²) in [5.74, 6) is -0.356. The highest BCUT2D eigenvalue weighted by molar-refractivity contribution is 5.87. The van der Waals surface area contributed by atoms with Crippen LogP contribution in [0, 0.1) is 0 Å². The van der Waals surface area contributed by atoms with E-state index in [1.807, 2.05) is 0 Å². The SMILES string of the molecule is CCOC(=O)Cc1ccncc1NC(=O)OC(C)(C)C. The molecule has 0 saturated heterocycles. The molecule has 20 heavy (non-hydrogen) atoms. The lowest BCUT2D eigenvalue weighted by Crippen LogP contribution is -2.27. The van der Waals surface area contributed by atoms with Gasteiger partial charge in [-0.05, 0) is 39.3 Å². The molecule has 0 bridgehead atoms. The number of ether oxygens (including phenoxy) is 2. The van der Waals surface area contributed by atoms with Crippen LogP contribution in [0.2, 0.25) is 0 Å². The summed E-state index contributed by atoms with van der Waals surface area (Å²) in [6.45, 7) is 7.38. The van der Waals surface area contributed by atoms with Crippen LogP contribution in [0.15, 0.2) is 18.5 Å². The zero-order valence-electron chi connectivity index (χ0n) is 12.2. The van der Waals surface area contributed by atoms with Crippen molar-refractivity contribution in [3.05, 3.63) is 24.0 Å². The van der Waals surface area contributed by atoms with Crippen LogP contribution in [0.4, 0.5) is 10.5 Å². The number of amides is 1. The van der Waals surface area contributed by atoms with E-state index in [9.17, 15) is 9.59 Å². The molecule has 0 radical (unpaired) electrons. The Morgan fingerprint density at radius 3 is 2.65 bits per heavy atom. The summed E-state index contributed by atoms with van der Waals surface area (Å²) in [7, 11) is 0. The minimum Gasteiger partial charge on any atom is -0.466 e. The number of rotatable bonds is 4. The molecule has 1 heterocycles. The number of hydrogen-bond acceptors (Lipinski definition) is 5. The van der Waals surface area contributed by atoms with Crippen LogP contribution in [0.25, 0.3) is 0 Å². The van der Waals surface area contributed by atoms with Crippen molar-refractivity contribution < 1.29 is 19.1 Å². The molecule has 0 aromatic carbocycles. The van der Waals surface area contributed by atoms with Crippen molar-refractivity contribution in [1.82, 2.24) is 4.98 Å². The molecular formula is C14H20N2O4. The number of nitrogens with one attached hydrogen (secondary N) is 1. The molecule has 0 atom stereocenters. The summed E-state index contributed by atoms with van der Waals surface area (Å²) in [5, 5.41) is 2.58. The van der Waals surface area contributed by atoms with Crippen LogP contribution < -0.4 is 5.32 Å². The van der Waals surface area contributed by atoms with Crippen molar-refractivity contribution in [2.45, 2.75) is 39.7 Å². The molecule has 1 amide bonds. The summed E-state index contributed by atoms with van der Waals surface area (Å²) < 4.78 is 10.0. The van der Waals surface area contributed by atoms with E-state index in [0.29, 0.717) is 17.9 Å².